The number of amides is 1. The average molecular weight is 216 g/mol. The predicted octanol–water partition coefficient (Wildman–Crippen LogP) is 0.486. The molecule has 0 unspecified atom stereocenters. The fourth-order valence-electron chi connectivity index (χ4n) is 1.22. The van der Waals surface area contributed by atoms with E-state index < -0.39 is 5.97 Å². The third-order valence-corrected chi connectivity index (χ3v) is 2.02. The summed E-state index contributed by atoms with van der Waals surface area (Å²) < 4.78 is 0. The van der Waals surface area contributed by atoms with Gasteiger partial charge in [-0.05, 0) is 32.4 Å². The SMILES string of the molecule is NC(=O)CCCNCCCCCC(=O)O. The first-order valence-electron chi connectivity index (χ1n) is 5.33. The minimum Gasteiger partial charge on any atom is -0.481 e. The zero-order valence-corrected chi connectivity index (χ0v) is 9.00. The lowest BCUT2D eigenvalue weighted by molar-refractivity contribution is -0.137. The number of nitrogens with two attached hydrogens (primary N) is 1. The van der Waals surface area contributed by atoms with Gasteiger partial charge in [-0.15, -0.1) is 0 Å². The quantitative estimate of drug-likeness (QED) is 0.463. The van der Waals surface area contributed by atoms with E-state index in [1.165, 1.54) is 0 Å². The molecular weight excluding hydrogens is 196 g/mol. The molecule has 15 heavy (non-hydrogen) atoms. The molecule has 0 aliphatic rings. The molecule has 0 atom stereocenters. The number of nitrogens with one attached hydrogen (secondary N) is 1. The largest absolute Gasteiger partial charge is 0.481 e. The summed E-state index contributed by atoms with van der Waals surface area (Å²) in [5.41, 5.74) is 4.98. The lowest BCUT2D eigenvalue weighted by Crippen LogP contribution is -2.19. The Kier molecular flexibility index (Phi) is 8.76. The molecular formula is C10H20N2O3. The van der Waals surface area contributed by atoms with Crippen LogP contribution in [0.25, 0.3) is 0 Å². The summed E-state index contributed by atoms with van der Waals surface area (Å²) in [4.78, 5) is 20.6. The summed E-state index contributed by atoms with van der Waals surface area (Å²) in [6.45, 7) is 1.67. The molecule has 0 aromatic heterocycles. The van der Waals surface area contributed by atoms with Crippen molar-refractivity contribution in [3.8, 4) is 0 Å². The Balaban J connectivity index is 2.99. The fourth-order valence-corrected chi connectivity index (χ4v) is 1.22. The van der Waals surface area contributed by atoms with E-state index in [9.17, 15) is 9.59 Å². The Morgan fingerprint density at radius 2 is 1.67 bits per heavy atom. The van der Waals surface area contributed by atoms with Crippen LogP contribution in [0.4, 0.5) is 0 Å². The van der Waals surface area contributed by atoms with Crippen molar-refractivity contribution >= 4 is 11.9 Å². The van der Waals surface area contributed by atoms with Crippen LogP contribution in [0.1, 0.15) is 38.5 Å². The number of aliphatic carboxylic acids is 1. The van der Waals surface area contributed by atoms with E-state index in [4.69, 9.17) is 10.8 Å². The molecule has 0 fully saturated rings. The smallest absolute Gasteiger partial charge is 0.303 e. The molecule has 0 bridgehead atoms. The van der Waals surface area contributed by atoms with Gasteiger partial charge in [-0.3, -0.25) is 9.59 Å². The lowest BCUT2D eigenvalue weighted by atomic mass is 10.2. The van der Waals surface area contributed by atoms with Gasteiger partial charge >= 0.3 is 5.97 Å². The summed E-state index contributed by atoms with van der Waals surface area (Å²) in [7, 11) is 0. The molecule has 0 heterocycles. The highest BCUT2D eigenvalue weighted by Gasteiger charge is 1.96. The van der Waals surface area contributed by atoms with Crippen LogP contribution in [0, 0.1) is 0 Å². The van der Waals surface area contributed by atoms with Crippen molar-refractivity contribution in [1.29, 1.82) is 0 Å². The van der Waals surface area contributed by atoms with Crippen LogP contribution < -0.4 is 11.1 Å². The van der Waals surface area contributed by atoms with E-state index in [2.05, 4.69) is 5.32 Å². The first-order valence-corrected chi connectivity index (χ1v) is 5.33. The minimum atomic E-state index is -0.732. The van der Waals surface area contributed by atoms with Gasteiger partial charge in [-0.2, -0.15) is 0 Å². The van der Waals surface area contributed by atoms with Crippen molar-refractivity contribution in [2.24, 2.45) is 5.73 Å². The molecule has 0 aliphatic heterocycles. The van der Waals surface area contributed by atoms with Gasteiger partial charge in [0.15, 0.2) is 0 Å². The molecule has 0 rings (SSSR count). The number of hydrogen-bond acceptors (Lipinski definition) is 3. The maximum absolute atomic E-state index is 10.4. The van der Waals surface area contributed by atoms with E-state index in [0.717, 1.165) is 38.8 Å². The molecule has 5 heteroatoms. The molecule has 88 valence electrons. The predicted molar refractivity (Wildman–Crippen MR) is 57.4 cm³/mol. The summed E-state index contributed by atoms with van der Waals surface area (Å²) in [5, 5.41) is 11.6. The zero-order valence-electron chi connectivity index (χ0n) is 9.00. The van der Waals surface area contributed by atoms with Crippen molar-refractivity contribution in [3.63, 3.8) is 0 Å². The third-order valence-electron chi connectivity index (χ3n) is 2.02. The topological polar surface area (TPSA) is 92.4 Å². The summed E-state index contributed by atoms with van der Waals surface area (Å²) >= 11 is 0. The van der Waals surface area contributed by atoms with Crippen LogP contribution in [-0.4, -0.2) is 30.1 Å². The van der Waals surface area contributed by atoms with Crippen LogP contribution >= 0.6 is 0 Å². The first kappa shape index (κ1) is 13.9. The van der Waals surface area contributed by atoms with E-state index in [1.54, 1.807) is 0 Å². The number of rotatable bonds is 10. The molecule has 4 N–H and O–H groups in total. The molecule has 5 nitrogen and oxygen atoms in total. The maximum Gasteiger partial charge on any atom is 0.303 e. The van der Waals surface area contributed by atoms with Gasteiger partial charge in [0.1, 0.15) is 0 Å². The number of unbranched alkanes of at least 4 members (excludes halogenated alkanes) is 2. The van der Waals surface area contributed by atoms with Gasteiger partial charge in [0.25, 0.3) is 0 Å². The highest BCUT2D eigenvalue weighted by Crippen LogP contribution is 1.98. The molecule has 0 radical (unpaired) electrons. The summed E-state index contributed by atoms with van der Waals surface area (Å²) in [6.07, 6.45) is 4.08. The maximum atomic E-state index is 10.4. The minimum absolute atomic E-state index is 0.252. The lowest BCUT2D eigenvalue weighted by Gasteiger charge is -2.02. The Bertz CT molecular complexity index is 175. The molecule has 0 aromatic carbocycles. The van der Waals surface area contributed by atoms with E-state index in [0.29, 0.717) is 6.42 Å². The number of carboxylic acids is 1. The molecule has 0 saturated carbocycles. The van der Waals surface area contributed by atoms with E-state index in [-0.39, 0.29) is 12.3 Å². The Labute approximate surface area is 90.0 Å². The third kappa shape index (κ3) is 12.9. The van der Waals surface area contributed by atoms with Gasteiger partial charge in [-0.1, -0.05) is 6.42 Å². The molecule has 0 spiro atoms. The van der Waals surface area contributed by atoms with Crippen LogP contribution in [0.2, 0.25) is 0 Å². The number of carbonyl (C=O) groups excluding carboxylic acids is 1. The van der Waals surface area contributed by atoms with Crippen LogP contribution in [0.5, 0.6) is 0 Å². The van der Waals surface area contributed by atoms with Gasteiger partial charge in [-0.25, -0.2) is 0 Å². The highest BCUT2D eigenvalue weighted by molar-refractivity contribution is 5.73. The number of carbonyl (C=O) groups is 2. The Morgan fingerprint density at radius 1 is 1.00 bits per heavy atom. The van der Waals surface area contributed by atoms with Crippen molar-refractivity contribution < 1.29 is 14.7 Å². The number of primary amides is 1. The van der Waals surface area contributed by atoms with E-state index in [1.807, 2.05) is 0 Å². The zero-order chi connectivity index (χ0) is 11.5. The summed E-state index contributed by atoms with van der Waals surface area (Å²) in [5.74, 6) is -0.998. The molecule has 1 amide bonds. The van der Waals surface area contributed by atoms with Crippen LogP contribution in [0.15, 0.2) is 0 Å². The standard InChI is InChI=1S/C10H20N2O3/c11-9(13)5-4-8-12-7-3-1-2-6-10(14)15/h12H,1-8H2,(H2,11,13)(H,14,15). The van der Waals surface area contributed by atoms with Crippen LogP contribution in [-0.2, 0) is 9.59 Å². The molecule has 0 aromatic rings. The van der Waals surface area contributed by atoms with Crippen molar-refractivity contribution in [1.82, 2.24) is 5.32 Å². The second-order valence-corrected chi connectivity index (χ2v) is 3.52. The van der Waals surface area contributed by atoms with Gasteiger partial charge in [0.05, 0.1) is 0 Å². The normalized spacial score (nSPS) is 10.1. The van der Waals surface area contributed by atoms with Gasteiger partial charge in [0, 0.05) is 12.8 Å². The van der Waals surface area contributed by atoms with Gasteiger partial charge in [0.2, 0.25) is 5.91 Å². The molecule has 0 aliphatic carbocycles. The van der Waals surface area contributed by atoms with Crippen molar-refractivity contribution in [3.05, 3.63) is 0 Å². The highest BCUT2D eigenvalue weighted by atomic mass is 16.4. The second-order valence-electron chi connectivity index (χ2n) is 3.52. The number of carboxylic acid groups (broad SMARTS) is 1. The fraction of sp³-hybridized carbons (Fsp3) is 0.800. The second kappa shape index (κ2) is 9.45. The van der Waals surface area contributed by atoms with Crippen LogP contribution in [0.3, 0.4) is 0 Å². The number of hydrogen-bond donors (Lipinski definition) is 3. The van der Waals surface area contributed by atoms with E-state index >= 15 is 0 Å². The van der Waals surface area contributed by atoms with Gasteiger partial charge < -0.3 is 16.2 Å². The van der Waals surface area contributed by atoms with Crippen molar-refractivity contribution in [2.45, 2.75) is 38.5 Å². The summed E-state index contributed by atoms with van der Waals surface area (Å²) in [6, 6.07) is 0. The average Bonchev–Trinajstić information content (AvgIpc) is 2.14. The Morgan fingerprint density at radius 3 is 2.27 bits per heavy atom. The first-order chi connectivity index (χ1) is 7.13. The Hall–Kier alpha value is -1.10. The molecule has 0 saturated heterocycles. The monoisotopic (exact) mass is 216 g/mol. The van der Waals surface area contributed by atoms with Crippen molar-refractivity contribution in [2.75, 3.05) is 13.1 Å².